The van der Waals surface area contributed by atoms with Crippen molar-refractivity contribution in [3.05, 3.63) is 35.4 Å². The lowest BCUT2D eigenvalue weighted by Gasteiger charge is -2.47. The van der Waals surface area contributed by atoms with E-state index in [-0.39, 0.29) is 18.5 Å². The summed E-state index contributed by atoms with van der Waals surface area (Å²) in [5, 5.41) is 0. The molecule has 1 aromatic rings. The Kier molecular flexibility index (Phi) is 5.37. The molecule has 25 heavy (non-hydrogen) atoms. The minimum absolute atomic E-state index is 0.0719. The van der Waals surface area contributed by atoms with Crippen molar-refractivity contribution in [2.75, 3.05) is 19.6 Å². The first-order valence-corrected chi connectivity index (χ1v) is 9.06. The van der Waals surface area contributed by atoms with Crippen molar-refractivity contribution in [1.82, 2.24) is 9.80 Å². The third-order valence-electron chi connectivity index (χ3n) is 5.37. The first-order valence-electron chi connectivity index (χ1n) is 9.06. The molecule has 2 atom stereocenters. The maximum absolute atomic E-state index is 12.9. The molecule has 2 heterocycles. The number of nitrogens with zero attached hydrogens (tertiary/aromatic N) is 2. The van der Waals surface area contributed by atoms with Crippen LogP contribution < -0.4 is 0 Å². The van der Waals surface area contributed by atoms with Gasteiger partial charge in [-0.15, -0.1) is 0 Å². The maximum atomic E-state index is 12.9. The third kappa shape index (κ3) is 4.17. The van der Waals surface area contributed by atoms with E-state index < -0.39 is 11.7 Å². The van der Waals surface area contributed by atoms with Crippen LogP contribution in [-0.4, -0.2) is 41.4 Å². The van der Waals surface area contributed by atoms with Crippen LogP contribution in [0.15, 0.2) is 24.3 Å². The van der Waals surface area contributed by atoms with Crippen LogP contribution in [0, 0.1) is 5.92 Å². The van der Waals surface area contributed by atoms with E-state index in [2.05, 4.69) is 11.8 Å². The van der Waals surface area contributed by atoms with Crippen LogP contribution in [0.1, 0.15) is 43.7 Å². The summed E-state index contributed by atoms with van der Waals surface area (Å²) in [6, 6.07) is 5.51. The number of carbonyl (C=O) groups is 1. The molecule has 2 saturated heterocycles. The first-order chi connectivity index (χ1) is 11.9. The largest absolute Gasteiger partial charge is 0.416 e. The van der Waals surface area contributed by atoms with Crippen LogP contribution in [0.3, 0.4) is 0 Å². The second-order valence-electron chi connectivity index (χ2n) is 7.18. The molecule has 0 radical (unpaired) electrons. The van der Waals surface area contributed by atoms with Gasteiger partial charge in [0.1, 0.15) is 0 Å². The summed E-state index contributed by atoms with van der Waals surface area (Å²) in [6.07, 6.45) is -0.932. The molecule has 0 bridgehead atoms. The van der Waals surface area contributed by atoms with Gasteiger partial charge in [-0.1, -0.05) is 19.1 Å². The van der Waals surface area contributed by atoms with E-state index in [0.717, 1.165) is 45.0 Å². The molecular formula is C19H25F3N2O. The number of piperidine rings is 2. The van der Waals surface area contributed by atoms with E-state index in [0.29, 0.717) is 17.9 Å². The van der Waals surface area contributed by atoms with Crippen molar-refractivity contribution < 1.29 is 18.0 Å². The van der Waals surface area contributed by atoms with Crippen LogP contribution in [0.4, 0.5) is 13.2 Å². The van der Waals surface area contributed by atoms with Gasteiger partial charge in [0, 0.05) is 32.1 Å². The van der Waals surface area contributed by atoms with Crippen molar-refractivity contribution >= 4 is 5.91 Å². The highest BCUT2D eigenvalue weighted by Crippen LogP contribution is 2.34. The molecular weight excluding hydrogens is 329 g/mol. The van der Waals surface area contributed by atoms with Gasteiger partial charge < -0.3 is 9.80 Å². The molecule has 138 valence electrons. The molecule has 0 N–H and O–H groups in total. The summed E-state index contributed by atoms with van der Waals surface area (Å²) in [7, 11) is 0. The number of amides is 1. The average molecular weight is 354 g/mol. The highest BCUT2D eigenvalue weighted by Gasteiger charge is 2.39. The van der Waals surface area contributed by atoms with Gasteiger partial charge in [-0.2, -0.15) is 13.2 Å². The zero-order chi connectivity index (χ0) is 18.0. The van der Waals surface area contributed by atoms with Crippen LogP contribution >= 0.6 is 0 Å². The van der Waals surface area contributed by atoms with Crippen LogP contribution in [0.25, 0.3) is 0 Å². The molecule has 0 saturated carbocycles. The van der Waals surface area contributed by atoms with Gasteiger partial charge in [0.2, 0.25) is 5.91 Å². The Morgan fingerprint density at radius 2 is 2.04 bits per heavy atom. The molecule has 0 spiro atoms. The fourth-order valence-corrected chi connectivity index (χ4v) is 4.19. The van der Waals surface area contributed by atoms with E-state index in [1.807, 2.05) is 4.90 Å². The number of fused-ring (bicyclic) bond motifs is 1. The monoisotopic (exact) mass is 354 g/mol. The fourth-order valence-electron chi connectivity index (χ4n) is 4.19. The molecule has 0 aliphatic carbocycles. The minimum Gasteiger partial charge on any atom is -0.335 e. The highest BCUT2D eigenvalue weighted by atomic mass is 19.4. The predicted octanol–water partition coefficient (Wildman–Crippen LogP) is 3.93. The van der Waals surface area contributed by atoms with Crippen molar-refractivity contribution in [2.24, 2.45) is 5.92 Å². The smallest absolute Gasteiger partial charge is 0.335 e. The minimum atomic E-state index is -4.35. The van der Waals surface area contributed by atoms with Crippen molar-refractivity contribution in [1.29, 1.82) is 0 Å². The number of benzene rings is 1. The molecule has 2 aliphatic heterocycles. The Morgan fingerprint density at radius 3 is 2.76 bits per heavy atom. The summed E-state index contributed by atoms with van der Waals surface area (Å²) in [4.78, 5) is 16.7. The number of halogens is 3. The summed E-state index contributed by atoms with van der Waals surface area (Å²) in [5.74, 6) is 0.506. The summed E-state index contributed by atoms with van der Waals surface area (Å²) < 4.78 is 38.8. The number of alkyl halides is 3. The number of carbonyl (C=O) groups excluding carboxylic acids is 1. The zero-order valence-electron chi connectivity index (χ0n) is 14.6. The van der Waals surface area contributed by atoms with Gasteiger partial charge in [-0.05, 0) is 49.4 Å². The number of likely N-dealkylation sites (tertiary alicyclic amines) is 2. The van der Waals surface area contributed by atoms with Gasteiger partial charge in [0.15, 0.2) is 0 Å². The van der Waals surface area contributed by atoms with Gasteiger partial charge >= 0.3 is 6.18 Å². The zero-order valence-corrected chi connectivity index (χ0v) is 14.6. The molecule has 3 nitrogen and oxygen atoms in total. The van der Waals surface area contributed by atoms with E-state index in [4.69, 9.17) is 0 Å². The molecule has 3 rings (SSSR count). The van der Waals surface area contributed by atoms with Gasteiger partial charge in [-0.25, -0.2) is 0 Å². The fraction of sp³-hybridized carbons (Fsp3) is 0.632. The lowest BCUT2D eigenvalue weighted by Crippen LogP contribution is -2.55. The standard InChI is InChI=1S/C19H25F3N2O/c1-2-9-23-10-8-17-15(13-23)6-7-18(25)24(17)12-14-4-3-5-16(11-14)19(20,21)22/h3-5,11,15,17H,2,6-10,12-13H2,1H3/t15-,17+/m1/s1. The highest BCUT2D eigenvalue weighted by molar-refractivity contribution is 5.77. The Balaban J connectivity index is 1.74. The molecule has 6 heteroatoms. The Morgan fingerprint density at radius 1 is 1.24 bits per heavy atom. The SMILES string of the molecule is CCCN1CC[C@H]2[C@H](CCC(=O)N2Cc2cccc(C(F)(F)F)c2)C1. The first kappa shape index (κ1) is 18.2. The molecule has 2 aliphatic rings. The molecule has 0 unspecified atom stereocenters. The Hall–Kier alpha value is -1.56. The quantitative estimate of drug-likeness (QED) is 0.818. The van der Waals surface area contributed by atoms with E-state index in [9.17, 15) is 18.0 Å². The molecule has 1 amide bonds. The van der Waals surface area contributed by atoms with Gasteiger partial charge in [0.05, 0.1) is 5.56 Å². The Bertz CT molecular complexity index is 617. The van der Waals surface area contributed by atoms with Crippen LogP contribution in [0.5, 0.6) is 0 Å². The number of hydrogen-bond acceptors (Lipinski definition) is 2. The summed E-state index contributed by atoms with van der Waals surface area (Å²) in [6.45, 7) is 5.46. The normalized spacial score (nSPS) is 25.1. The van der Waals surface area contributed by atoms with Crippen molar-refractivity contribution in [3.8, 4) is 0 Å². The predicted molar refractivity (Wildman–Crippen MR) is 89.9 cm³/mol. The van der Waals surface area contributed by atoms with E-state index in [1.165, 1.54) is 12.1 Å². The van der Waals surface area contributed by atoms with E-state index >= 15 is 0 Å². The molecule has 1 aromatic carbocycles. The summed E-state index contributed by atoms with van der Waals surface area (Å²) in [5.41, 5.74) is -0.0939. The topological polar surface area (TPSA) is 23.6 Å². The van der Waals surface area contributed by atoms with Gasteiger partial charge in [-0.3, -0.25) is 4.79 Å². The van der Waals surface area contributed by atoms with Crippen molar-refractivity contribution in [3.63, 3.8) is 0 Å². The molecule has 2 fully saturated rings. The number of rotatable bonds is 4. The third-order valence-corrected chi connectivity index (χ3v) is 5.37. The van der Waals surface area contributed by atoms with Crippen molar-refractivity contribution in [2.45, 2.75) is 51.4 Å². The second kappa shape index (κ2) is 7.36. The van der Waals surface area contributed by atoms with Gasteiger partial charge in [0.25, 0.3) is 0 Å². The van der Waals surface area contributed by atoms with E-state index in [1.54, 1.807) is 6.07 Å². The van der Waals surface area contributed by atoms with Crippen LogP contribution in [0.2, 0.25) is 0 Å². The lowest BCUT2D eigenvalue weighted by atomic mass is 9.83. The average Bonchev–Trinajstić information content (AvgIpc) is 2.57. The summed E-state index contributed by atoms with van der Waals surface area (Å²) >= 11 is 0. The second-order valence-corrected chi connectivity index (χ2v) is 7.18. The number of hydrogen-bond donors (Lipinski definition) is 0. The molecule has 0 aromatic heterocycles. The van der Waals surface area contributed by atoms with Crippen LogP contribution in [-0.2, 0) is 17.5 Å². The Labute approximate surface area is 146 Å². The maximum Gasteiger partial charge on any atom is 0.416 e. The lowest BCUT2D eigenvalue weighted by molar-refractivity contribution is -0.142.